The summed E-state index contributed by atoms with van der Waals surface area (Å²) in [6.45, 7) is 0. The number of rotatable bonds is 4. The van der Waals surface area contributed by atoms with Gasteiger partial charge in [0.05, 0.1) is 17.8 Å². The Hall–Kier alpha value is -1.28. The van der Waals surface area contributed by atoms with E-state index in [-0.39, 0.29) is 17.5 Å². The van der Waals surface area contributed by atoms with E-state index in [1.54, 1.807) is 24.3 Å². The van der Waals surface area contributed by atoms with Gasteiger partial charge in [-0.1, -0.05) is 0 Å². The van der Waals surface area contributed by atoms with Crippen molar-refractivity contribution in [1.82, 2.24) is 0 Å². The van der Waals surface area contributed by atoms with Crippen LogP contribution in [-0.2, 0) is 19.9 Å². The zero-order valence-electron chi connectivity index (χ0n) is 11.2. The molecule has 0 aromatic heterocycles. The van der Waals surface area contributed by atoms with Gasteiger partial charge in [0.25, 0.3) is 0 Å². The number of benzene rings is 1. The predicted octanol–water partition coefficient (Wildman–Crippen LogP) is 1.05. The first kappa shape index (κ1) is 15.1. The molecule has 0 saturated carbocycles. The number of hydrogen-bond donors (Lipinski definition) is 2. The predicted molar refractivity (Wildman–Crippen MR) is 80.2 cm³/mol. The minimum absolute atomic E-state index is 0.146. The van der Waals surface area contributed by atoms with Gasteiger partial charge in [0.1, 0.15) is 9.84 Å². The molecule has 20 heavy (non-hydrogen) atoms. The average Bonchev–Trinajstić information content (AvgIpc) is 2.32. The summed E-state index contributed by atoms with van der Waals surface area (Å²) in [6.07, 6.45) is 2.30. The van der Waals surface area contributed by atoms with Crippen molar-refractivity contribution in [2.24, 2.45) is 0 Å². The molecule has 2 rings (SSSR count). The highest BCUT2D eigenvalue weighted by Gasteiger charge is 2.23. The molecule has 6 nitrogen and oxygen atoms in total. The lowest BCUT2D eigenvalue weighted by Gasteiger charge is -2.24. The van der Waals surface area contributed by atoms with E-state index in [0.29, 0.717) is 18.5 Å². The van der Waals surface area contributed by atoms with Crippen molar-refractivity contribution in [3.05, 3.63) is 24.3 Å². The van der Waals surface area contributed by atoms with Gasteiger partial charge in [-0.05, 0) is 37.1 Å². The van der Waals surface area contributed by atoms with E-state index < -0.39 is 19.9 Å². The van der Waals surface area contributed by atoms with Crippen LogP contribution in [0.5, 0.6) is 0 Å². The van der Waals surface area contributed by atoms with E-state index in [9.17, 15) is 16.8 Å². The Balaban J connectivity index is 1.94. The highest BCUT2D eigenvalue weighted by molar-refractivity contribution is 7.92. The summed E-state index contributed by atoms with van der Waals surface area (Å²) < 4.78 is 47.2. The van der Waals surface area contributed by atoms with Crippen LogP contribution in [0.15, 0.2) is 24.3 Å². The van der Waals surface area contributed by atoms with Crippen molar-refractivity contribution in [3.8, 4) is 0 Å². The summed E-state index contributed by atoms with van der Waals surface area (Å²) in [4.78, 5) is 0. The molecule has 1 heterocycles. The quantitative estimate of drug-likeness (QED) is 0.865. The Labute approximate surface area is 119 Å². The first-order valence-corrected chi connectivity index (χ1v) is 10.00. The smallest absolute Gasteiger partial charge is 0.229 e. The third-order valence-electron chi connectivity index (χ3n) is 3.11. The van der Waals surface area contributed by atoms with Crippen LogP contribution in [0.3, 0.4) is 0 Å². The summed E-state index contributed by atoms with van der Waals surface area (Å²) in [5.74, 6) is 0.441. The summed E-state index contributed by atoms with van der Waals surface area (Å²) in [5.41, 5.74) is 1.36. The third kappa shape index (κ3) is 4.68. The fourth-order valence-corrected chi connectivity index (χ4v) is 4.17. The molecule has 0 radical (unpaired) electrons. The highest BCUT2D eigenvalue weighted by atomic mass is 32.2. The molecule has 0 atom stereocenters. The number of sulfonamides is 1. The Morgan fingerprint density at radius 1 is 1.05 bits per heavy atom. The van der Waals surface area contributed by atoms with Gasteiger partial charge < -0.3 is 5.32 Å². The third-order valence-corrected chi connectivity index (χ3v) is 5.44. The van der Waals surface area contributed by atoms with Crippen molar-refractivity contribution in [2.45, 2.75) is 18.9 Å². The second-order valence-electron chi connectivity index (χ2n) is 5.02. The van der Waals surface area contributed by atoms with E-state index in [2.05, 4.69) is 10.0 Å². The Morgan fingerprint density at radius 3 is 2.05 bits per heavy atom. The molecule has 0 bridgehead atoms. The summed E-state index contributed by atoms with van der Waals surface area (Å²) in [7, 11) is -6.12. The number of anilines is 2. The second kappa shape index (κ2) is 5.61. The fourth-order valence-electron chi connectivity index (χ4n) is 2.12. The first-order valence-electron chi connectivity index (χ1n) is 6.28. The minimum atomic E-state index is -3.27. The van der Waals surface area contributed by atoms with Gasteiger partial charge in [-0.2, -0.15) is 0 Å². The number of nitrogens with one attached hydrogen (secondary N) is 2. The van der Waals surface area contributed by atoms with Crippen molar-refractivity contribution < 1.29 is 16.8 Å². The van der Waals surface area contributed by atoms with Crippen molar-refractivity contribution >= 4 is 31.2 Å². The summed E-state index contributed by atoms with van der Waals surface area (Å²) in [5, 5.41) is 3.27. The summed E-state index contributed by atoms with van der Waals surface area (Å²) >= 11 is 0. The molecule has 1 aliphatic rings. The minimum Gasteiger partial charge on any atom is -0.382 e. The summed E-state index contributed by atoms with van der Waals surface area (Å²) in [6, 6.07) is 7.03. The van der Waals surface area contributed by atoms with Crippen LogP contribution >= 0.6 is 0 Å². The Bertz CT molecular complexity index is 652. The molecule has 2 N–H and O–H groups in total. The lowest BCUT2D eigenvalue weighted by atomic mass is 10.1. The maximum atomic E-state index is 11.3. The SMILES string of the molecule is CS(=O)(=O)Nc1ccc(NC2CCS(=O)(=O)CC2)cc1. The van der Waals surface area contributed by atoms with Gasteiger partial charge in [-0.15, -0.1) is 0 Å². The zero-order valence-corrected chi connectivity index (χ0v) is 12.8. The normalized spacial score (nSPS) is 19.4. The molecule has 0 aliphatic carbocycles. The number of hydrogen-bond acceptors (Lipinski definition) is 5. The molecule has 1 aliphatic heterocycles. The van der Waals surface area contributed by atoms with Crippen LogP contribution in [0.1, 0.15) is 12.8 Å². The molecule has 0 spiro atoms. The van der Waals surface area contributed by atoms with E-state index in [0.717, 1.165) is 11.9 Å². The Morgan fingerprint density at radius 2 is 1.55 bits per heavy atom. The van der Waals surface area contributed by atoms with E-state index in [1.807, 2.05) is 0 Å². The van der Waals surface area contributed by atoms with Crippen molar-refractivity contribution in [2.75, 3.05) is 27.8 Å². The monoisotopic (exact) mass is 318 g/mol. The molecule has 1 fully saturated rings. The van der Waals surface area contributed by atoms with Gasteiger partial charge in [0, 0.05) is 17.4 Å². The molecular weight excluding hydrogens is 300 g/mol. The second-order valence-corrected chi connectivity index (χ2v) is 9.07. The molecule has 8 heteroatoms. The number of sulfone groups is 1. The van der Waals surface area contributed by atoms with Crippen molar-refractivity contribution in [3.63, 3.8) is 0 Å². The topological polar surface area (TPSA) is 92.3 Å². The van der Waals surface area contributed by atoms with Crippen LogP contribution in [0.25, 0.3) is 0 Å². The molecular formula is C12H18N2O4S2. The average molecular weight is 318 g/mol. The van der Waals surface area contributed by atoms with Gasteiger partial charge >= 0.3 is 0 Å². The first-order chi connectivity index (χ1) is 9.23. The van der Waals surface area contributed by atoms with Gasteiger partial charge in [0.15, 0.2) is 0 Å². The van der Waals surface area contributed by atoms with Crippen LogP contribution in [0.2, 0.25) is 0 Å². The van der Waals surface area contributed by atoms with Crippen molar-refractivity contribution in [1.29, 1.82) is 0 Å². The molecule has 0 unspecified atom stereocenters. The van der Waals surface area contributed by atoms with E-state index >= 15 is 0 Å². The van der Waals surface area contributed by atoms with Crippen LogP contribution in [-0.4, -0.2) is 40.6 Å². The molecule has 1 aromatic carbocycles. The Kier molecular flexibility index (Phi) is 4.24. The molecule has 0 amide bonds. The maximum absolute atomic E-state index is 11.3. The molecule has 1 saturated heterocycles. The van der Waals surface area contributed by atoms with E-state index in [1.165, 1.54) is 0 Å². The fraction of sp³-hybridized carbons (Fsp3) is 0.500. The van der Waals surface area contributed by atoms with Gasteiger partial charge in [-0.3, -0.25) is 4.72 Å². The lowest BCUT2D eigenvalue weighted by molar-refractivity contribution is 0.559. The van der Waals surface area contributed by atoms with E-state index in [4.69, 9.17) is 0 Å². The highest BCUT2D eigenvalue weighted by Crippen LogP contribution is 2.20. The standard InChI is InChI=1S/C12H18N2O4S2/c1-19(15,16)14-12-4-2-10(3-5-12)13-11-6-8-20(17,18)9-7-11/h2-5,11,13-14H,6-9H2,1H3. The van der Waals surface area contributed by atoms with Crippen LogP contribution in [0, 0.1) is 0 Å². The molecule has 1 aromatic rings. The lowest BCUT2D eigenvalue weighted by Crippen LogP contribution is -2.32. The zero-order chi connectivity index (χ0) is 14.8. The largest absolute Gasteiger partial charge is 0.382 e. The maximum Gasteiger partial charge on any atom is 0.229 e. The van der Waals surface area contributed by atoms with Crippen LogP contribution < -0.4 is 10.0 Å². The van der Waals surface area contributed by atoms with Gasteiger partial charge in [-0.25, -0.2) is 16.8 Å². The van der Waals surface area contributed by atoms with Crippen LogP contribution in [0.4, 0.5) is 11.4 Å². The van der Waals surface area contributed by atoms with Gasteiger partial charge in [0.2, 0.25) is 10.0 Å². The molecule has 112 valence electrons.